The Hall–Kier alpha value is -1.52. The van der Waals surface area contributed by atoms with Crippen LogP contribution in [0.3, 0.4) is 0 Å². The predicted octanol–water partition coefficient (Wildman–Crippen LogP) is 4.64. The Morgan fingerprint density at radius 3 is 2.24 bits per heavy atom. The van der Waals surface area contributed by atoms with Gasteiger partial charge in [0.15, 0.2) is 0 Å². The zero-order chi connectivity index (χ0) is 15.5. The number of halogens is 4. The van der Waals surface area contributed by atoms with Crippen molar-refractivity contribution in [2.24, 2.45) is 5.73 Å². The molecule has 2 rings (SSSR count). The van der Waals surface area contributed by atoms with Crippen molar-refractivity contribution in [1.82, 2.24) is 0 Å². The number of hydrogen-bond donors (Lipinski definition) is 1. The first-order chi connectivity index (χ1) is 9.90. The van der Waals surface area contributed by atoms with E-state index in [-0.39, 0.29) is 5.92 Å². The molecule has 0 fully saturated rings. The van der Waals surface area contributed by atoms with Crippen LogP contribution in [0.15, 0.2) is 48.5 Å². The maximum Gasteiger partial charge on any atom is 0.416 e. The Balaban J connectivity index is 2.15. The fourth-order valence-electron chi connectivity index (χ4n) is 2.21. The summed E-state index contributed by atoms with van der Waals surface area (Å²) in [7, 11) is 0. The van der Waals surface area contributed by atoms with Gasteiger partial charge in [0.2, 0.25) is 0 Å². The van der Waals surface area contributed by atoms with Crippen molar-refractivity contribution in [2.45, 2.75) is 18.5 Å². The highest BCUT2D eigenvalue weighted by Gasteiger charge is 2.30. The minimum Gasteiger partial charge on any atom is -0.330 e. The summed E-state index contributed by atoms with van der Waals surface area (Å²) >= 11 is 5.95. The van der Waals surface area contributed by atoms with Crippen molar-refractivity contribution in [1.29, 1.82) is 0 Å². The molecule has 0 saturated carbocycles. The van der Waals surface area contributed by atoms with Crippen LogP contribution in [0.5, 0.6) is 0 Å². The lowest BCUT2D eigenvalue weighted by Gasteiger charge is -2.16. The van der Waals surface area contributed by atoms with E-state index in [2.05, 4.69) is 0 Å². The summed E-state index contributed by atoms with van der Waals surface area (Å²) in [5.41, 5.74) is 6.95. The predicted molar refractivity (Wildman–Crippen MR) is 78.4 cm³/mol. The van der Waals surface area contributed by atoms with Gasteiger partial charge in [0.25, 0.3) is 0 Å². The van der Waals surface area contributed by atoms with Crippen molar-refractivity contribution in [2.75, 3.05) is 6.54 Å². The van der Waals surface area contributed by atoms with Gasteiger partial charge in [-0.3, -0.25) is 0 Å². The van der Waals surface area contributed by atoms with Gasteiger partial charge in [-0.05, 0) is 48.4 Å². The molecule has 1 unspecified atom stereocenters. The van der Waals surface area contributed by atoms with Gasteiger partial charge in [0.05, 0.1) is 5.56 Å². The van der Waals surface area contributed by atoms with Crippen molar-refractivity contribution < 1.29 is 13.2 Å². The van der Waals surface area contributed by atoms with Crippen LogP contribution in [-0.4, -0.2) is 6.54 Å². The van der Waals surface area contributed by atoms with E-state index in [1.807, 2.05) is 18.2 Å². The lowest BCUT2D eigenvalue weighted by molar-refractivity contribution is -0.137. The smallest absolute Gasteiger partial charge is 0.330 e. The SMILES string of the molecule is NCC(Cc1ccc(C(F)(F)F)cc1)c1cccc(Cl)c1. The molecule has 1 atom stereocenters. The monoisotopic (exact) mass is 313 g/mol. The molecule has 112 valence electrons. The summed E-state index contributed by atoms with van der Waals surface area (Å²) in [6.07, 6.45) is -3.73. The molecule has 0 bridgehead atoms. The lowest BCUT2D eigenvalue weighted by atomic mass is 9.92. The zero-order valence-electron chi connectivity index (χ0n) is 11.2. The van der Waals surface area contributed by atoms with Crippen molar-refractivity contribution >= 4 is 11.6 Å². The van der Waals surface area contributed by atoms with Gasteiger partial charge in [-0.15, -0.1) is 0 Å². The summed E-state index contributed by atoms with van der Waals surface area (Å²) in [6, 6.07) is 12.6. The van der Waals surface area contributed by atoms with E-state index in [9.17, 15) is 13.2 Å². The fraction of sp³-hybridized carbons (Fsp3) is 0.250. The highest BCUT2D eigenvalue weighted by atomic mass is 35.5. The molecule has 5 heteroatoms. The van der Waals surface area contributed by atoms with Gasteiger partial charge in [-0.2, -0.15) is 13.2 Å². The summed E-state index contributed by atoms with van der Waals surface area (Å²) in [5, 5.41) is 0.623. The van der Waals surface area contributed by atoms with Crippen LogP contribution in [0.25, 0.3) is 0 Å². The third-order valence-electron chi connectivity index (χ3n) is 3.37. The van der Waals surface area contributed by atoms with E-state index in [1.165, 1.54) is 12.1 Å². The number of alkyl halides is 3. The molecule has 2 aromatic rings. The fourth-order valence-corrected chi connectivity index (χ4v) is 2.41. The van der Waals surface area contributed by atoms with Gasteiger partial charge in [0.1, 0.15) is 0 Å². The molecular weight excluding hydrogens is 299 g/mol. The quantitative estimate of drug-likeness (QED) is 0.874. The average Bonchev–Trinajstić information content (AvgIpc) is 2.44. The van der Waals surface area contributed by atoms with Gasteiger partial charge in [-0.1, -0.05) is 35.9 Å². The summed E-state index contributed by atoms with van der Waals surface area (Å²) in [4.78, 5) is 0. The Bertz CT molecular complexity index is 593. The second-order valence-corrected chi connectivity index (χ2v) is 5.32. The number of hydrogen-bond acceptors (Lipinski definition) is 1. The van der Waals surface area contributed by atoms with E-state index in [0.717, 1.165) is 23.3 Å². The maximum atomic E-state index is 12.5. The standard InChI is InChI=1S/C16H15ClF3N/c17-15-3-1-2-12(9-15)13(10-21)8-11-4-6-14(7-5-11)16(18,19)20/h1-7,9,13H,8,10,21H2. The molecule has 0 saturated heterocycles. The van der Waals surface area contributed by atoms with Crippen molar-refractivity contribution in [3.8, 4) is 0 Å². The molecule has 0 spiro atoms. The second kappa shape index (κ2) is 6.50. The Kier molecular flexibility index (Phi) is 4.91. The molecule has 21 heavy (non-hydrogen) atoms. The third kappa shape index (κ3) is 4.22. The molecule has 0 aromatic heterocycles. The normalized spacial score (nSPS) is 13.2. The molecule has 0 aliphatic carbocycles. The van der Waals surface area contributed by atoms with Crippen molar-refractivity contribution in [3.63, 3.8) is 0 Å². The minimum atomic E-state index is -4.31. The summed E-state index contributed by atoms with van der Waals surface area (Å²) < 4.78 is 37.6. The van der Waals surface area contributed by atoms with Crippen LogP contribution >= 0.6 is 11.6 Å². The number of nitrogens with two attached hydrogens (primary N) is 1. The van der Waals surface area contributed by atoms with Gasteiger partial charge >= 0.3 is 6.18 Å². The van der Waals surface area contributed by atoms with Crippen molar-refractivity contribution in [3.05, 3.63) is 70.2 Å². The van der Waals surface area contributed by atoms with E-state index in [0.29, 0.717) is 18.0 Å². The van der Waals surface area contributed by atoms with Crippen LogP contribution < -0.4 is 5.73 Å². The van der Waals surface area contributed by atoms with Crippen LogP contribution in [-0.2, 0) is 12.6 Å². The van der Waals surface area contributed by atoms with Gasteiger partial charge < -0.3 is 5.73 Å². The second-order valence-electron chi connectivity index (χ2n) is 4.89. The van der Waals surface area contributed by atoms with E-state index in [1.54, 1.807) is 6.07 Å². The summed E-state index contributed by atoms with van der Waals surface area (Å²) in [5.74, 6) is 0.0282. The molecule has 2 aromatic carbocycles. The Labute approximate surface area is 126 Å². The first-order valence-corrected chi connectivity index (χ1v) is 6.89. The zero-order valence-corrected chi connectivity index (χ0v) is 12.0. The molecule has 0 amide bonds. The average molecular weight is 314 g/mol. The summed E-state index contributed by atoms with van der Waals surface area (Å²) in [6.45, 7) is 0.404. The van der Waals surface area contributed by atoms with E-state index in [4.69, 9.17) is 17.3 Å². The molecule has 1 nitrogen and oxygen atoms in total. The van der Waals surface area contributed by atoms with Crippen LogP contribution in [0.4, 0.5) is 13.2 Å². The van der Waals surface area contributed by atoms with E-state index < -0.39 is 11.7 Å². The van der Waals surface area contributed by atoms with Crippen LogP contribution in [0.1, 0.15) is 22.6 Å². The largest absolute Gasteiger partial charge is 0.416 e. The van der Waals surface area contributed by atoms with E-state index >= 15 is 0 Å². The third-order valence-corrected chi connectivity index (χ3v) is 3.60. The minimum absolute atomic E-state index is 0.0282. The Morgan fingerprint density at radius 1 is 1.05 bits per heavy atom. The van der Waals surface area contributed by atoms with Gasteiger partial charge in [-0.25, -0.2) is 0 Å². The maximum absolute atomic E-state index is 12.5. The number of rotatable bonds is 4. The number of benzene rings is 2. The molecular formula is C16H15ClF3N. The first-order valence-electron chi connectivity index (χ1n) is 6.52. The van der Waals surface area contributed by atoms with Gasteiger partial charge in [0, 0.05) is 10.9 Å². The molecule has 0 aliphatic rings. The highest BCUT2D eigenvalue weighted by Crippen LogP contribution is 2.30. The highest BCUT2D eigenvalue weighted by molar-refractivity contribution is 6.30. The topological polar surface area (TPSA) is 26.0 Å². The lowest BCUT2D eigenvalue weighted by Crippen LogP contribution is -2.15. The first kappa shape index (κ1) is 15.9. The van der Waals surface area contributed by atoms with Crippen LogP contribution in [0.2, 0.25) is 5.02 Å². The molecule has 0 heterocycles. The Morgan fingerprint density at radius 2 is 1.71 bits per heavy atom. The molecule has 0 radical (unpaired) electrons. The molecule has 0 aliphatic heterocycles. The van der Waals surface area contributed by atoms with Crippen LogP contribution in [0, 0.1) is 0 Å². The molecule has 2 N–H and O–H groups in total.